The van der Waals surface area contributed by atoms with Crippen molar-refractivity contribution in [1.29, 1.82) is 0 Å². The molecule has 8 heteroatoms. The highest BCUT2D eigenvalue weighted by Gasteiger charge is 2.33. The molecule has 4 heterocycles. The number of aromatic nitrogens is 3. The van der Waals surface area contributed by atoms with E-state index in [9.17, 15) is 4.79 Å². The molecule has 156 valence electrons. The molecule has 1 fully saturated rings. The number of aryl methyl sites for hydroxylation is 1. The number of amides is 1. The molecule has 1 saturated heterocycles. The Morgan fingerprint density at radius 2 is 1.87 bits per heavy atom. The fourth-order valence-electron chi connectivity index (χ4n) is 4.30. The van der Waals surface area contributed by atoms with Crippen LogP contribution < -0.4 is 9.64 Å². The third-order valence-corrected chi connectivity index (χ3v) is 5.85. The molecule has 1 amide bonds. The highest BCUT2D eigenvalue weighted by molar-refractivity contribution is 6.04. The lowest BCUT2D eigenvalue weighted by atomic mass is 10.1. The van der Waals surface area contributed by atoms with E-state index in [0.717, 1.165) is 48.6 Å². The monoisotopic (exact) mass is 407 g/mol. The quantitative estimate of drug-likeness (QED) is 0.661. The Hall–Kier alpha value is -3.29. The van der Waals surface area contributed by atoms with E-state index in [1.807, 2.05) is 46.8 Å². The van der Waals surface area contributed by atoms with Gasteiger partial charge in [0.1, 0.15) is 11.3 Å². The van der Waals surface area contributed by atoms with E-state index in [-0.39, 0.29) is 5.91 Å². The number of carbonyl (C=O) groups is 1. The maximum Gasteiger partial charge on any atom is 0.262 e. The molecule has 0 unspecified atom stereocenters. The Morgan fingerprint density at radius 3 is 2.60 bits per heavy atom. The van der Waals surface area contributed by atoms with E-state index in [2.05, 4.69) is 15.2 Å². The van der Waals surface area contributed by atoms with Crippen LogP contribution in [-0.2, 0) is 13.1 Å². The van der Waals surface area contributed by atoms with Gasteiger partial charge in [-0.3, -0.25) is 9.48 Å². The van der Waals surface area contributed by atoms with Crippen LogP contribution in [0.2, 0.25) is 0 Å². The number of hydrogen-bond donors (Lipinski definition) is 0. The van der Waals surface area contributed by atoms with Gasteiger partial charge in [-0.1, -0.05) is 5.16 Å². The number of rotatable bonds is 4. The van der Waals surface area contributed by atoms with Crippen molar-refractivity contribution in [1.82, 2.24) is 19.8 Å². The van der Waals surface area contributed by atoms with Crippen LogP contribution in [0.25, 0.3) is 11.3 Å². The van der Waals surface area contributed by atoms with Gasteiger partial charge in [-0.25, -0.2) is 0 Å². The molecule has 0 bridgehead atoms. The molecule has 0 atom stereocenters. The molecule has 0 saturated carbocycles. The summed E-state index contributed by atoms with van der Waals surface area (Å²) in [7, 11) is 1.63. The lowest BCUT2D eigenvalue weighted by molar-refractivity contribution is 0.0707. The molecule has 30 heavy (non-hydrogen) atoms. The summed E-state index contributed by atoms with van der Waals surface area (Å²) in [6.07, 6.45) is 2.20. The molecule has 2 aromatic heterocycles. The van der Waals surface area contributed by atoms with Crippen molar-refractivity contribution in [3.8, 4) is 17.1 Å². The minimum atomic E-state index is -0.0472. The van der Waals surface area contributed by atoms with Gasteiger partial charge in [0.05, 0.1) is 31.6 Å². The first-order valence-corrected chi connectivity index (χ1v) is 10.4. The number of fused-ring (bicyclic) bond motifs is 1. The fraction of sp³-hybridized carbons (Fsp3) is 0.409. The molecule has 0 N–H and O–H groups in total. The fourth-order valence-corrected chi connectivity index (χ4v) is 4.30. The standard InChI is InChI=1S/C22H25N5O3/c1-15-13-17-14-26(11-12-27(17)23-15)22(28)19-20(16-5-7-18(29-2)8-6-16)30-24-21(19)25-9-3-4-10-25/h5-8,13H,3-4,9-12,14H2,1-2H3. The molecule has 3 aromatic rings. The molecular weight excluding hydrogens is 382 g/mol. The lowest BCUT2D eigenvalue weighted by Crippen LogP contribution is -2.39. The van der Waals surface area contributed by atoms with Crippen LogP contribution in [0.1, 0.15) is 34.6 Å². The van der Waals surface area contributed by atoms with Crippen LogP contribution in [0.3, 0.4) is 0 Å². The number of carbonyl (C=O) groups excluding carboxylic acids is 1. The summed E-state index contributed by atoms with van der Waals surface area (Å²) in [4.78, 5) is 17.7. The zero-order chi connectivity index (χ0) is 20.7. The normalized spacial score (nSPS) is 16.1. The van der Waals surface area contributed by atoms with Gasteiger partial charge in [0.15, 0.2) is 11.6 Å². The topological polar surface area (TPSA) is 76.6 Å². The van der Waals surface area contributed by atoms with Gasteiger partial charge in [0, 0.05) is 25.2 Å². The zero-order valence-electron chi connectivity index (χ0n) is 17.3. The largest absolute Gasteiger partial charge is 0.497 e. The van der Waals surface area contributed by atoms with E-state index in [1.54, 1.807) is 7.11 Å². The summed E-state index contributed by atoms with van der Waals surface area (Å²) in [6, 6.07) is 9.57. The van der Waals surface area contributed by atoms with Gasteiger partial charge in [0.25, 0.3) is 5.91 Å². The lowest BCUT2D eigenvalue weighted by Gasteiger charge is -2.28. The van der Waals surface area contributed by atoms with Gasteiger partial charge in [-0.2, -0.15) is 5.10 Å². The molecule has 8 nitrogen and oxygen atoms in total. The molecule has 0 aliphatic carbocycles. The first-order chi connectivity index (χ1) is 14.6. The zero-order valence-corrected chi connectivity index (χ0v) is 17.3. The Morgan fingerprint density at radius 1 is 1.10 bits per heavy atom. The Bertz CT molecular complexity index is 1060. The average Bonchev–Trinajstić information content (AvgIpc) is 3.50. The molecule has 2 aliphatic heterocycles. The van der Waals surface area contributed by atoms with Gasteiger partial charge in [0.2, 0.25) is 0 Å². The second kappa shape index (κ2) is 7.51. The second-order valence-corrected chi connectivity index (χ2v) is 7.86. The number of anilines is 1. The van der Waals surface area contributed by atoms with Crippen LogP contribution in [0.4, 0.5) is 5.82 Å². The SMILES string of the molecule is COc1ccc(-c2onc(N3CCCC3)c2C(=O)N2CCn3nc(C)cc3C2)cc1. The van der Waals surface area contributed by atoms with Gasteiger partial charge in [-0.05, 0) is 50.1 Å². The first-order valence-electron chi connectivity index (χ1n) is 10.4. The number of ether oxygens (including phenoxy) is 1. The number of methoxy groups -OCH3 is 1. The molecule has 5 rings (SSSR count). The molecule has 2 aliphatic rings. The van der Waals surface area contributed by atoms with E-state index >= 15 is 0 Å². The van der Waals surface area contributed by atoms with E-state index in [1.165, 1.54) is 0 Å². The van der Waals surface area contributed by atoms with Gasteiger partial charge in [-0.15, -0.1) is 0 Å². The van der Waals surface area contributed by atoms with E-state index < -0.39 is 0 Å². The summed E-state index contributed by atoms with van der Waals surface area (Å²) in [5, 5.41) is 8.83. The predicted octanol–water partition coefficient (Wildman–Crippen LogP) is 3.11. The Kier molecular flexibility index (Phi) is 4.69. The third-order valence-electron chi connectivity index (χ3n) is 5.85. The smallest absolute Gasteiger partial charge is 0.262 e. The molecule has 0 radical (unpaired) electrons. The summed E-state index contributed by atoms with van der Waals surface area (Å²) < 4.78 is 13.0. The van der Waals surface area contributed by atoms with Crippen LogP contribution in [-0.4, -0.2) is 52.5 Å². The van der Waals surface area contributed by atoms with Crippen LogP contribution in [0, 0.1) is 6.92 Å². The summed E-state index contributed by atoms with van der Waals surface area (Å²) in [5.41, 5.74) is 3.39. The third kappa shape index (κ3) is 3.22. The average molecular weight is 407 g/mol. The first kappa shape index (κ1) is 18.7. The molecule has 1 aromatic carbocycles. The Balaban J connectivity index is 1.53. The maximum absolute atomic E-state index is 13.7. The summed E-state index contributed by atoms with van der Waals surface area (Å²) >= 11 is 0. The highest BCUT2D eigenvalue weighted by Crippen LogP contribution is 2.35. The van der Waals surface area contributed by atoms with Crippen LogP contribution in [0.15, 0.2) is 34.9 Å². The van der Waals surface area contributed by atoms with Crippen molar-refractivity contribution in [3.05, 3.63) is 47.3 Å². The van der Waals surface area contributed by atoms with Crippen molar-refractivity contribution >= 4 is 11.7 Å². The molecular formula is C22H25N5O3. The van der Waals surface area contributed by atoms with Crippen molar-refractivity contribution < 1.29 is 14.1 Å². The molecule has 0 spiro atoms. The van der Waals surface area contributed by atoms with Gasteiger partial charge < -0.3 is 19.1 Å². The number of benzene rings is 1. The Labute approximate surface area is 175 Å². The minimum Gasteiger partial charge on any atom is -0.497 e. The predicted molar refractivity (Wildman–Crippen MR) is 112 cm³/mol. The minimum absolute atomic E-state index is 0.0472. The summed E-state index contributed by atoms with van der Waals surface area (Å²) in [6.45, 7) is 5.59. The number of hydrogen-bond acceptors (Lipinski definition) is 6. The second-order valence-electron chi connectivity index (χ2n) is 7.86. The number of nitrogens with zero attached hydrogens (tertiary/aromatic N) is 5. The summed E-state index contributed by atoms with van der Waals surface area (Å²) in [5.74, 6) is 1.87. The highest BCUT2D eigenvalue weighted by atomic mass is 16.5. The van der Waals surface area contributed by atoms with E-state index in [4.69, 9.17) is 9.26 Å². The van der Waals surface area contributed by atoms with E-state index in [0.29, 0.717) is 36.8 Å². The van der Waals surface area contributed by atoms with Crippen LogP contribution >= 0.6 is 0 Å². The van der Waals surface area contributed by atoms with Crippen LogP contribution in [0.5, 0.6) is 5.75 Å². The van der Waals surface area contributed by atoms with Gasteiger partial charge >= 0.3 is 0 Å². The van der Waals surface area contributed by atoms with Crippen molar-refractivity contribution in [2.75, 3.05) is 31.6 Å². The maximum atomic E-state index is 13.7. The van der Waals surface area contributed by atoms with Crippen molar-refractivity contribution in [3.63, 3.8) is 0 Å². The van der Waals surface area contributed by atoms with Crippen molar-refractivity contribution in [2.24, 2.45) is 0 Å². The van der Waals surface area contributed by atoms with Crippen molar-refractivity contribution in [2.45, 2.75) is 32.9 Å².